The molecule has 1 unspecified atom stereocenters. The average Bonchev–Trinajstić information content (AvgIpc) is 2.58. The molecule has 0 fully saturated rings. The first kappa shape index (κ1) is 13.6. The monoisotopic (exact) mass is 240 g/mol. The van der Waals surface area contributed by atoms with Crippen LogP contribution in [0, 0.1) is 6.92 Å². The lowest BCUT2D eigenvalue weighted by Crippen LogP contribution is -2.37. The van der Waals surface area contributed by atoms with E-state index in [2.05, 4.69) is 5.32 Å². The van der Waals surface area contributed by atoms with E-state index >= 15 is 0 Å². The Labute approximate surface area is 101 Å². The summed E-state index contributed by atoms with van der Waals surface area (Å²) in [6.45, 7) is 7.58. The predicted molar refractivity (Wildman–Crippen MR) is 64.6 cm³/mol. The van der Waals surface area contributed by atoms with E-state index < -0.39 is 11.7 Å². The summed E-state index contributed by atoms with van der Waals surface area (Å²) in [7, 11) is 0. The maximum absolute atomic E-state index is 11.6. The van der Waals surface area contributed by atoms with E-state index in [0.717, 1.165) is 5.56 Å². The van der Waals surface area contributed by atoms with Crippen molar-refractivity contribution in [1.29, 1.82) is 0 Å². The lowest BCUT2D eigenvalue weighted by atomic mass is 10.1. The first-order valence-corrected chi connectivity index (χ1v) is 5.57. The molecule has 0 aliphatic carbocycles. The Bertz CT molecular complexity index is 379. The average molecular weight is 240 g/mol. The third kappa shape index (κ3) is 4.11. The zero-order valence-corrected chi connectivity index (χ0v) is 10.7. The van der Waals surface area contributed by atoms with Crippen LogP contribution in [0.25, 0.3) is 0 Å². The number of hydrogen-bond acceptors (Lipinski definition) is 4. The number of carbonyl (C=O) groups excluding carboxylic acids is 1. The third-order valence-corrected chi connectivity index (χ3v) is 2.14. The molecule has 1 rings (SSSR count). The van der Waals surface area contributed by atoms with E-state index in [-0.39, 0.29) is 12.6 Å². The van der Waals surface area contributed by atoms with E-state index in [1.807, 2.05) is 33.8 Å². The van der Waals surface area contributed by atoms with Gasteiger partial charge < -0.3 is 20.2 Å². The van der Waals surface area contributed by atoms with Gasteiger partial charge in [0.1, 0.15) is 17.4 Å². The zero-order valence-electron chi connectivity index (χ0n) is 10.7. The maximum Gasteiger partial charge on any atom is 0.408 e. The molecule has 1 aromatic rings. The van der Waals surface area contributed by atoms with Crippen LogP contribution >= 0.6 is 0 Å². The minimum Gasteiger partial charge on any atom is -0.467 e. The Hall–Kier alpha value is -1.49. The maximum atomic E-state index is 11.6. The van der Waals surface area contributed by atoms with Crippen LogP contribution in [0.5, 0.6) is 0 Å². The second-order valence-corrected chi connectivity index (χ2v) is 4.90. The quantitative estimate of drug-likeness (QED) is 0.848. The van der Waals surface area contributed by atoms with Gasteiger partial charge in [0, 0.05) is 6.54 Å². The van der Waals surface area contributed by atoms with E-state index in [1.165, 1.54) is 0 Å². The molecular weight excluding hydrogens is 220 g/mol. The third-order valence-electron chi connectivity index (χ3n) is 2.14. The lowest BCUT2D eigenvalue weighted by molar-refractivity contribution is 0.0499. The molecule has 1 atom stereocenters. The van der Waals surface area contributed by atoms with Gasteiger partial charge in [0.2, 0.25) is 0 Å². The molecular formula is C12H20N2O3. The topological polar surface area (TPSA) is 77.5 Å². The fourth-order valence-electron chi connectivity index (χ4n) is 1.42. The Balaban J connectivity index is 2.66. The predicted octanol–water partition coefficient (Wildman–Crippen LogP) is 2.11. The van der Waals surface area contributed by atoms with Gasteiger partial charge in [-0.25, -0.2) is 4.79 Å². The molecule has 5 heteroatoms. The number of nitrogens with two attached hydrogens (primary N) is 1. The van der Waals surface area contributed by atoms with Crippen molar-refractivity contribution in [1.82, 2.24) is 5.32 Å². The molecule has 1 heterocycles. The summed E-state index contributed by atoms with van der Waals surface area (Å²) in [6, 6.07) is 1.47. The second-order valence-electron chi connectivity index (χ2n) is 4.90. The minimum atomic E-state index is -0.526. The van der Waals surface area contributed by atoms with Crippen molar-refractivity contribution in [2.75, 3.05) is 6.54 Å². The summed E-state index contributed by atoms with van der Waals surface area (Å²) in [5.41, 5.74) is 6.04. The van der Waals surface area contributed by atoms with Gasteiger partial charge in [0.05, 0.1) is 6.26 Å². The normalized spacial score (nSPS) is 13.2. The summed E-state index contributed by atoms with van der Waals surface area (Å²) in [4.78, 5) is 11.6. The van der Waals surface area contributed by atoms with Crippen molar-refractivity contribution in [2.45, 2.75) is 39.3 Å². The van der Waals surface area contributed by atoms with Crippen LogP contribution in [0.4, 0.5) is 4.79 Å². The Morgan fingerprint density at radius 2 is 2.24 bits per heavy atom. The van der Waals surface area contributed by atoms with E-state index in [4.69, 9.17) is 14.9 Å². The fourth-order valence-corrected chi connectivity index (χ4v) is 1.42. The van der Waals surface area contributed by atoms with Crippen LogP contribution in [-0.2, 0) is 4.74 Å². The van der Waals surface area contributed by atoms with Crippen molar-refractivity contribution in [3.05, 3.63) is 23.7 Å². The van der Waals surface area contributed by atoms with Crippen molar-refractivity contribution >= 4 is 6.09 Å². The summed E-state index contributed by atoms with van der Waals surface area (Å²) in [5, 5.41) is 2.69. The van der Waals surface area contributed by atoms with Crippen molar-refractivity contribution < 1.29 is 13.9 Å². The van der Waals surface area contributed by atoms with Gasteiger partial charge in [-0.15, -0.1) is 0 Å². The molecule has 0 spiro atoms. The largest absolute Gasteiger partial charge is 0.467 e. The van der Waals surface area contributed by atoms with Gasteiger partial charge in [0.15, 0.2) is 0 Å². The second kappa shape index (κ2) is 5.23. The summed E-state index contributed by atoms with van der Waals surface area (Å²) < 4.78 is 10.5. The van der Waals surface area contributed by atoms with Crippen LogP contribution in [-0.4, -0.2) is 18.2 Å². The van der Waals surface area contributed by atoms with Crippen LogP contribution in [0.15, 0.2) is 16.7 Å². The number of nitrogens with one attached hydrogen (secondary N) is 1. The Kier molecular flexibility index (Phi) is 4.17. The van der Waals surface area contributed by atoms with Crippen molar-refractivity contribution in [3.8, 4) is 0 Å². The summed E-state index contributed by atoms with van der Waals surface area (Å²) >= 11 is 0. The van der Waals surface area contributed by atoms with E-state index in [0.29, 0.717) is 5.76 Å². The zero-order chi connectivity index (χ0) is 13.1. The summed E-state index contributed by atoms with van der Waals surface area (Å²) in [5.74, 6) is 0.665. The van der Waals surface area contributed by atoms with Gasteiger partial charge in [-0.05, 0) is 39.3 Å². The van der Waals surface area contributed by atoms with Crippen LogP contribution in [0.3, 0.4) is 0 Å². The fraction of sp³-hybridized carbons (Fsp3) is 0.583. The first-order valence-electron chi connectivity index (χ1n) is 5.57. The molecule has 5 nitrogen and oxygen atoms in total. The number of carbonyl (C=O) groups is 1. The molecule has 0 aromatic carbocycles. The number of rotatable bonds is 3. The first-order chi connectivity index (χ1) is 7.83. The van der Waals surface area contributed by atoms with E-state index in [9.17, 15) is 4.79 Å². The van der Waals surface area contributed by atoms with Gasteiger partial charge >= 0.3 is 6.09 Å². The smallest absolute Gasteiger partial charge is 0.408 e. The molecule has 0 saturated carbocycles. The van der Waals surface area contributed by atoms with Gasteiger partial charge in [0.25, 0.3) is 0 Å². The van der Waals surface area contributed by atoms with E-state index in [1.54, 1.807) is 6.26 Å². The molecule has 1 amide bonds. The number of aryl methyl sites for hydroxylation is 1. The molecule has 0 aliphatic rings. The molecule has 0 saturated heterocycles. The Morgan fingerprint density at radius 1 is 1.59 bits per heavy atom. The van der Waals surface area contributed by atoms with Crippen LogP contribution < -0.4 is 11.1 Å². The number of amides is 1. The molecule has 17 heavy (non-hydrogen) atoms. The minimum absolute atomic E-state index is 0.258. The number of ether oxygens (including phenoxy) is 1. The molecule has 96 valence electrons. The summed E-state index contributed by atoms with van der Waals surface area (Å²) in [6.07, 6.45) is 1.08. The highest BCUT2D eigenvalue weighted by molar-refractivity contribution is 5.68. The standard InChI is InChI=1S/C12H20N2O3/c1-8-5-6-16-10(8)9(7-13)14-11(15)17-12(2,3)4/h5-6,9H,7,13H2,1-4H3,(H,14,15). The van der Waals surface area contributed by atoms with Crippen molar-refractivity contribution in [3.63, 3.8) is 0 Å². The highest BCUT2D eigenvalue weighted by Crippen LogP contribution is 2.18. The van der Waals surface area contributed by atoms with Crippen LogP contribution in [0.1, 0.15) is 38.1 Å². The molecule has 0 radical (unpaired) electrons. The Morgan fingerprint density at radius 3 is 2.65 bits per heavy atom. The number of hydrogen-bond donors (Lipinski definition) is 2. The molecule has 0 aliphatic heterocycles. The van der Waals surface area contributed by atoms with Gasteiger partial charge in [-0.1, -0.05) is 0 Å². The van der Waals surface area contributed by atoms with Crippen molar-refractivity contribution in [2.24, 2.45) is 5.73 Å². The SMILES string of the molecule is Cc1ccoc1C(CN)NC(=O)OC(C)(C)C. The number of furan rings is 1. The number of alkyl carbamates (subject to hydrolysis) is 1. The highest BCUT2D eigenvalue weighted by atomic mass is 16.6. The highest BCUT2D eigenvalue weighted by Gasteiger charge is 2.22. The van der Waals surface area contributed by atoms with Gasteiger partial charge in [-0.3, -0.25) is 0 Å². The van der Waals surface area contributed by atoms with Crippen LogP contribution in [0.2, 0.25) is 0 Å². The lowest BCUT2D eigenvalue weighted by Gasteiger charge is -2.22. The molecule has 1 aromatic heterocycles. The molecule has 3 N–H and O–H groups in total. The molecule has 0 bridgehead atoms. The van der Waals surface area contributed by atoms with Gasteiger partial charge in [-0.2, -0.15) is 0 Å².